The Morgan fingerprint density at radius 2 is 1.85 bits per heavy atom. The van der Waals surface area contributed by atoms with E-state index in [0.717, 1.165) is 12.3 Å². The Balaban J connectivity index is 0.000000199. The predicted octanol–water partition coefficient (Wildman–Crippen LogP) is 2.26. The zero-order chi connectivity index (χ0) is 20.4. The van der Waals surface area contributed by atoms with E-state index in [-0.39, 0.29) is 22.7 Å². The van der Waals surface area contributed by atoms with E-state index >= 15 is 0 Å². The average molecular weight is 382 g/mol. The van der Waals surface area contributed by atoms with Gasteiger partial charge in [0.2, 0.25) is 11.9 Å². The standard InChI is InChI=1S/C8H7F3N4.C7H6N2O3/c1-15-6-5(14-7(15)12)2-4(3-13-6)8(9,10)11;8-7(10)5-1-3-6(4-2-5)9(11)12/h2-3H,1H3,(H2,12,14);1-4H,(H2,8,10). The summed E-state index contributed by atoms with van der Waals surface area (Å²) in [6.45, 7) is 0. The molecule has 0 aliphatic carbocycles. The molecule has 0 radical (unpaired) electrons. The summed E-state index contributed by atoms with van der Waals surface area (Å²) in [6.07, 6.45) is -3.64. The first-order chi connectivity index (χ1) is 12.5. The number of imidazole rings is 1. The number of nitro benzene ring substituents is 1. The summed E-state index contributed by atoms with van der Waals surface area (Å²) in [4.78, 5) is 27.6. The van der Waals surface area contributed by atoms with Gasteiger partial charge in [0.25, 0.3) is 5.69 Å². The average Bonchev–Trinajstić information content (AvgIpc) is 2.88. The van der Waals surface area contributed by atoms with Crippen LogP contribution in [0, 0.1) is 10.1 Å². The normalized spacial score (nSPS) is 11.0. The summed E-state index contributed by atoms with van der Waals surface area (Å²) in [7, 11) is 1.59. The Bertz CT molecular complexity index is 965. The van der Waals surface area contributed by atoms with E-state index in [9.17, 15) is 28.1 Å². The van der Waals surface area contributed by atoms with E-state index in [4.69, 9.17) is 11.5 Å². The molecule has 4 N–H and O–H groups in total. The molecule has 27 heavy (non-hydrogen) atoms. The fourth-order valence-electron chi connectivity index (χ4n) is 2.00. The molecule has 0 atom stereocenters. The SMILES string of the molecule is Cn1c(N)nc2cc(C(F)(F)F)cnc21.NC(=O)c1ccc([N+](=O)[O-])cc1. The molecule has 142 valence electrons. The Kier molecular flexibility index (Phi) is 5.28. The van der Waals surface area contributed by atoms with Crippen molar-refractivity contribution in [1.82, 2.24) is 14.5 Å². The second-order valence-electron chi connectivity index (χ2n) is 5.26. The molecule has 1 aromatic carbocycles. The van der Waals surface area contributed by atoms with Crippen LogP contribution in [0.15, 0.2) is 36.5 Å². The second-order valence-corrected chi connectivity index (χ2v) is 5.26. The van der Waals surface area contributed by atoms with Crippen molar-refractivity contribution in [2.45, 2.75) is 6.18 Å². The number of benzene rings is 1. The number of hydrogen-bond donors (Lipinski definition) is 2. The maximum Gasteiger partial charge on any atom is 0.417 e. The lowest BCUT2D eigenvalue weighted by atomic mass is 10.2. The molecule has 0 bridgehead atoms. The monoisotopic (exact) mass is 382 g/mol. The number of aryl methyl sites for hydroxylation is 1. The van der Waals surface area contributed by atoms with Crippen molar-refractivity contribution < 1.29 is 22.9 Å². The van der Waals surface area contributed by atoms with Gasteiger partial charge in [-0.1, -0.05) is 0 Å². The minimum Gasteiger partial charge on any atom is -0.369 e. The summed E-state index contributed by atoms with van der Waals surface area (Å²) in [5, 5.41) is 10.2. The molecule has 0 unspecified atom stereocenters. The van der Waals surface area contributed by atoms with Crippen molar-refractivity contribution >= 4 is 28.7 Å². The maximum absolute atomic E-state index is 12.3. The van der Waals surface area contributed by atoms with Gasteiger partial charge < -0.3 is 11.5 Å². The molecular formula is C15H13F3N6O3. The molecule has 12 heteroatoms. The minimum atomic E-state index is -4.41. The van der Waals surface area contributed by atoms with Crippen molar-refractivity contribution in [3.63, 3.8) is 0 Å². The van der Waals surface area contributed by atoms with Crippen LogP contribution in [-0.4, -0.2) is 25.4 Å². The van der Waals surface area contributed by atoms with E-state index < -0.39 is 22.6 Å². The van der Waals surface area contributed by atoms with Crippen LogP contribution < -0.4 is 11.5 Å². The Hall–Kier alpha value is -3.70. The zero-order valence-corrected chi connectivity index (χ0v) is 13.8. The van der Waals surface area contributed by atoms with Gasteiger partial charge in [0.05, 0.1) is 10.5 Å². The molecule has 1 amide bonds. The molecule has 2 aromatic heterocycles. The Morgan fingerprint density at radius 3 is 2.33 bits per heavy atom. The first-order valence-electron chi connectivity index (χ1n) is 7.20. The molecule has 3 rings (SSSR count). The predicted molar refractivity (Wildman–Crippen MR) is 89.5 cm³/mol. The van der Waals surface area contributed by atoms with Crippen LogP contribution in [0.2, 0.25) is 0 Å². The maximum atomic E-state index is 12.3. The highest BCUT2D eigenvalue weighted by Crippen LogP contribution is 2.30. The highest BCUT2D eigenvalue weighted by molar-refractivity contribution is 5.92. The number of nitrogens with zero attached hydrogens (tertiary/aromatic N) is 4. The van der Waals surface area contributed by atoms with Crippen molar-refractivity contribution in [2.75, 3.05) is 5.73 Å². The summed E-state index contributed by atoms with van der Waals surface area (Å²) in [5.74, 6) is -0.457. The van der Waals surface area contributed by atoms with Gasteiger partial charge in [-0.3, -0.25) is 19.5 Å². The number of carbonyl (C=O) groups is 1. The highest BCUT2D eigenvalue weighted by Gasteiger charge is 2.31. The number of pyridine rings is 1. The first kappa shape index (κ1) is 19.6. The number of amides is 1. The lowest BCUT2D eigenvalue weighted by Crippen LogP contribution is -2.10. The molecular weight excluding hydrogens is 369 g/mol. The molecule has 9 nitrogen and oxygen atoms in total. The van der Waals surface area contributed by atoms with Gasteiger partial charge >= 0.3 is 6.18 Å². The Morgan fingerprint density at radius 1 is 1.26 bits per heavy atom. The number of primary amides is 1. The number of rotatable bonds is 2. The van der Waals surface area contributed by atoms with E-state index in [1.54, 1.807) is 7.05 Å². The van der Waals surface area contributed by atoms with Gasteiger partial charge in [0.1, 0.15) is 5.52 Å². The molecule has 0 aliphatic rings. The van der Waals surface area contributed by atoms with Crippen molar-refractivity contribution in [3.8, 4) is 0 Å². The summed E-state index contributed by atoms with van der Waals surface area (Å²) in [5.41, 5.74) is 10.2. The summed E-state index contributed by atoms with van der Waals surface area (Å²) in [6, 6.07) is 6.04. The number of halogens is 3. The number of hydrogen-bond acceptors (Lipinski definition) is 6. The third kappa shape index (κ3) is 4.48. The van der Waals surface area contributed by atoms with Crippen LogP contribution >= 0.6 is 0 Å². The molecule has 0 fully saturated rings. The van der Waals surface area contributed by atoms with Crippen LogP contribution in [0.4, 0.5) is 24.8 Å². The van der Waals surface area contributed by atoms with Crippen LogP contribution in [-0.2, 0) is 13.2 Å². The smallest absolute Gasteiger partial charge is 0.369 e. The third-order valence-corrected chi connectivity index (χ3v) is 3.43. The molecule has 3 aromatic rings. The Labute approximate surface area is 149 Å². The van der Waals surface area contributed by atoms with Crippen molar-refractivity contribution in [2.24, 2.45) is 12.8 Å². The first-order valence-corrected chi connectivity index (χ1v) is 7.20. The van der Waals surface area contributed by atoms with Gasteiger partial charge in [-0.25, -0.2) is 9.97 Å². The lowest BCUT2D eigenvalue weighted by Gasteiger charge is -2.04. The van der Waals surface area contributed by atoms with Crippen LogP contribution in [0.25, 0.3) is 11.2 Å². The number of alkyl halides is 3. The van der Waals surface area contributed by atoms with Gasteiger partial charge in [0, 0.05) is 30.9 Å². The summed E-state index contributed by atoms with van der Waals surface area (Å²) < 4.78 is 38.4. The second kappa shape index (κ2) is 7.27. The number of nitrogens with two attached hydrogens (primary N) is 2. The number of fused-ring (bicyclic) bond motifs is 1. The number of nitrogen functional groups attached to an aromatic ring is 1. The third-order valence-electron chi connectivity index (χ3n) is 3.43. The minimum absolute atomic E-state index is 0.0556. The van der Waals surface area contributed by atoms with Crippen LogP contribution in [0.3, 0.4) is 0 Å². The van der Waals surface area contributed by atoms with Gasteiger partial charge in [-0.05, 0) is 18.2 Å². The highest BCUT2D eigenvalue weighted by atomic mass is 19.4. The molecule has 0 saturated heterocycles. The molecule has 0 aliphatic heterocycles. The number of carbonyl (C=O) groups excluding carboxylic acids is 1. The van der Waals surface area contributed by atoms with E-state index in [1.165, 1.54) is 28.8 Å². The molecule has 2 heterocycles. The number of anilines is 1. The van der Waals surface area contributed by atoms with E-state index in [2.05, 4.69) is 9.97 Å². The van der Waals surface area contributed by atoms with Gasteiger partial charge in [-0.2, -0.15) is 13.2 Å². The topological polar surface area (TPSA) is 143 Å². The molecule has 0 saturated carbocycles. The van der Waals surface area contributed by atoms with Crippen molar-refractivity contribution in [3.05, 3.63) is 57.8 Å². The molecule has 0 spiro atoms. The fraction of sp³-hybridized carbons (Fsp3) is 0.133. The summed E-state index contributed by atoms with van der Waals surface area (Å²) >= 11 is 0. The lowest BCUT2D eigenvalue weighted by molar-refractivity contribution is -0.384. The van der Waals surface area contributed by atoms with Crippen molar-refractivity contribution in [1.29, 1.82) is 0 Å². The van der Waals surface area contributed by atoms with Gasteiger partial charge in [0.15, 0.2) is 5.65 Å². The zero-order valence-electron chi connectivity index (χ0n) is 13.8. The van der Waals surface area contributed by atoms with E-state index in [1.807, 2.05) is 0 Å². The van der Waals surface area contributed by atoms with Crippen LogP contribution in [0.5, 0.6) is 0 Å². The number of nitro groups is 1. The number of aromatic nitrogens is 3. The van der Waals surface area contributed by atoms with Crippen LogP contribution in [0.1, 0.15) is 15.9 Å². The largest absolute Gasteiger partial charge is 0.417 e. The quantitative estimate of drug-likeness (QED) is 0.514. The fourth-order valence-corrected chi connectivity index (χ4v) is 2.00. The van der Waals surface area contributed by atoms with Gasteiger partial charge in [-0.15, -0.1) is 0 Å². The number of non-ortho nitro benzene ring substituents is 1. The van der Waals surface area contributed by atoms with E-state index in [0.29, 0.717) is 5.65 Å².